The molecule has 0 aliphatic carbocycles. The van der Waals surface area contributed by atoms with Gasteiger partial charge >= 0.3 is 0 Å². The Labute approximate surface area is 87.7 Å². The third-order valence-electron chi connectivity index (χ3n) is 1.86. The number of hydrogen-bond acceptors (Lipinski definition) is 0. The van der Waals surface area contributed by atoms with Gasteiger partial charge in [0.25, 0.3) is 0 Å². The van der Waals surface area contributed by atoms with Gasteiger partial charge in [0, 0.05) is 5.88 Å². The average Bonchev–Trinajstić information content (AvgIpc) is 2.13. The first kappa shape index (κ1) is 10.8. The molecule has 0 spiro atoms. The van der Waals surface area contributed by atoms with Gasteiger partial charge in [0.2, 0.25) is 0 Å². The maximum absolute atomic E-state index is 13.0. The molecule has 0 aliphatic heterocycles. The number of hydrogen-bond donors (Lipinski definition) is 0. The van der Waals surface area contributed by atoms with Crippen molar-refractivity contribution in [3.63, 3.8) is 0 Å². The summed E-state index contributed by atoms with van der Waals surface area (Å²) >= 11 is 11.4. The van der Waals surface area contributed by atoms with E-state index in [0.717, 1.165) is 12.0 Å². The molecule has 0 nitrogen and oxygen atoms in total. The molecular weight excluding hydrogens is 210 g/mol. The molecule has 3 heteroatoms. The fourth-order valence-corrected chi connectivity index (χ4v) is 1.45. The van der Waals surface area contributed by atoms with Crippen LogP contribution in [0.5, 0.6) is 0 Å². The molecule has 13 heavy (non-hydrogen) atoms. The highest BCUT2D eigenvalue weighted by Crippen LogP contribution is 2.22. The lowest BCUT2D eigenvalue weighted by molar-refractivity contribution is 0.615. The summed E-state index contributed by atoms with van der Waals surface area (Å²) in [7, 11) is 0. The maximum atomic E-state index is 13.0. The molecule has 1 atom stereocenters. The van der Waals surface area contributed by atoms with Crippen LogP contribution >= 0.6 is 23.2 Å². The molecule has 0 N–H and O–H groups in total. The summed E-state index contributed by atoms with van der Waals surface area (Å²) in [6.45, 7) is 2.01. The van der Waals surface area contributed by atoms with Crippen molar-refractivity contribution >= 4 is 23.2 Å². The summed E-state index contributed by atoms with van der Waals surface area (Å²) in [6, 6.07) is 4.85. The van der Waals surface area contributed by atoms with E-state index in [4.69, 9.17) is 23.2 Å². The molecule has 0 aliphatic rings. The molecular formula is C10H11Cl2F. The average molecular weight is 221 g/mol. The molecule has 0 amide bonds. The Morgan fingerprint density at radius 2 is 2.15 bits per heavy atom. The van der Waals surface area contributed by atoms with Gasteiger partial charge in [-0.3, -0.25) is 0 Å². The minimum Gasteiger partial charge on any atom is -0.205 e. The van der Waals surface area contributed by atoms with Gasteiger partial charge in [-0.25, -0.2) is 4.39 Å². The number of halogens is 3. The molecule has 72 valence electrons. The highest BCUT2D eigenvalue weighted by Gasteiger charge is 2.08. The molecule has 0 aromatic heterocycles. The predicted molar refractivity (Wildman–Crippen MR) is 55.0 cm³/mol. The van der Waals surface area contributed by atoms with Crippen LogP contribution in [-0.2, 0) is 6.42 Å². The van der Waals surface area contributed by atoms with Crippen LogP contribution in [0.25, 0.3) is 0 Å². The second-order valence-electron chi connectivity index (χ2n) is 3.18. The first-order valence-corrected chi connectivity index (χ1v) is 5.05. The van der Waals surface area contributed by atoms with Gasteiger partial charge in [0.05, 0.1) is 5.02 Å². The second-order valence-corrected chi connectivity index (χ2v) is 3.86. The molecule has 0 bridgehead atoms. The van der Waals surface area contributed by atoms with Crippen LogP contribution in [0.1, 0.15) is 12.5 Å². The summed E-state index contributed by atoms with van der Waals surface area (Å²) in [5.41, 5.74) is 0.829. The van der Waals surface area contributed by atoms with E-state index in [1.54, 1.807) is 6.07 Å². The van der Waals surface area contributed by atoms with Crippen molar-refractivity contribution in [1.82, 2.24) is 0 Å². The summed E-state index contributed by atoms with van der Waals surface area (Å²) in [4.78, 5) is 0. The second kappa shape index (κ2) is 4.83. The van der Waals surface area contributed by atoms with Crippen LogP contribution in [0, 0.1) is 11.7 Å². The molecule has 0 fully saturated rings. The molecule has 1 rings (SSSR count). The standard InChI is InChI=1S/C10H11Cl2F/c1-7(6-11)5-8-3-2-4-9(13)10(8)12/h2-4,7H,5-6H2,1H3. The normalized spacial score (nSPS) is 12.9. The Kier molecular flexibility index (Phi) is 4.01. The number of rotatable bonds is 3. The lowest BCUT2D eigenvalue weighted by Crippen LogP contribution is -2.02. The highest BCUT2D eigenvalue weighted by molar-refractivity contribution is 6.31. The van der Waals surface area contributed by atoms with Crippen LogP contribution < -0.4 is 0 Å². The van der Waals surface area contributed by atoms with E-state index in [1.807, 2.05) is 13.0 Å². The fraction of sp³-hybridized carbons (Fsp3) is 0.400. The highest BCUT2D eigenvalue weighted by atomic mass is 35.5. The fourth-order valence-electron chi connectivity index (χ4n) is 1.14. The molecule has 1 unspecified atom stereocenters. The third-order valence-corrected chi connectivity index (χ3v) is 2.81. The zero-order valence-corrected chi connectivity index (χ0v) is 8.87. The summed E-state index contributed by atoms with van der Waals surface area (Å²) in [6.07, 6.45) is 0.722. The van der Waals surface area contributed by atoms with Crippen molar-refractivity contribution in [3.8, 4) is 0 Å². The molecule has 0 heterocycles. The number of benzene rings is 1. The zero-order chi connectivity index (χ0) is 9.84. The Bertz CT molecular complexity index is 286. The van der Waals surface area contributed by atoms with Gasteiger partial charge in [0.15, 0.2) is 0 Å². The topological polar surface area (TPSA) is 0 Å². The van der Waals surface area contributed by atoms with Crippen molar-refractivity contribution in [2.45, 2.75) is 13.3 Å². The van der Waals surface area contributed by atoms with Crippen LogP contribution in [0.4, 0.5) is 4.39 Å². The van der Waals surface area contributed by atoms with E-state index in [-0.39, 0.29) is 10.8 Å². The van der Waals surface area contributed by atoms with Gasteiger partial charge in [-0.05, 0) is 24.0 Å². The smallest absolute Gasteiger partial charge is 0.142 e. The Morgan fingerprint density at radius 3 is 2.77 bits per heavy atom. The summed E-state index contributed by atoms with van der Waals surface area (Å²) in [5.74, 6) is 0.522. The van der Waals surface area contributed by atoms with Crippen molar-refractivity contribution in [2.24, 2.45) is 5.92 Å². The summed E-state index contributed by atoms with van der Waals surface area (Å²) in [5, 5.41) is 0.222. The van der Waals surface area contributed by atoms with E-state index in [1.165, 1.54) is 6.07 Å². The molecule has 0 saturated carbocycles. The minimum absolute atomic E-state index is 0.222. The molecule has 0 saturated heterocycles. The van der Waals surface area contributed by atoms with Gasteiger partial charge in [-0.1, -0.05) is 30.7 Å². The van der Waals surface area contributed by atoms with Crippen molar-refractivity contribution in [2.75, 3.05) is 5.88 Å². The van der Waals surface area contributed by atoms with E-state index < -0.39 is 0 Å². The Hall–Kier alpha value is -0.270. The van der Waals surface area contributed by atoms with Gasteiger partial charge in [-0.2, -0.15) is 0 Å². The first-order chi connectivity index (χ1) is 6.15. The zero-order valence-electron chi connectivity index (χ0n) is 7.36. The lowest BCUT2D eigenvalue weighted by atomic mass is 10.0. The Morgan fingerprint density at radius 1 is 1.46 bits per heavy atom. The van der Waals surface area contributed by atoms with E-state index in [9.17, 15) is 4.39 Å². The molecule has 1 aromatic rings. The first-order valence-electron chi connectivity index (χ1n) is 4.14. The molecule has 1 aromatic carbocycles. The largest absolute Gasteiger partial charge is 0.205 e. The van der Waals surface area contributed by atoms with E-state index >= 15 is 0 Å². The van der Waals surface area contributed by atoms with Crippen LogP contribution in [0.3, 0.4) is 0 Å². The van der Waals surface area contributed by atoms with Crippen LogP contribution in [0.2, 0.25) is 5.02 Å². The minimum atomic E-state index is -0.360. The van der Waals surface area contributed by atoms with E-state index in [0.29, 0.717) is 11.8 Å². The lowest BCUT2D eigenvalue weighted by Gasteiger charge is -2.08. The predicted octanol–water partition coefficient (Wildman–Crippen LogP) is 3.90. The van der Waals surface area contributed by atoms with Gasteiger partial charge in [-0.15, -0.1) is 11.6 Å². The van der Waals surface area contributed by atoms with Crippen molar-refractivity contribution < 1.29 is 4.39 Å². The number of alkyl halides is 1. The monoisotopic (exact) mass is 220 g/mol. The Balaban J connectivity index is 2.83. The van der Waals surface area contributed by atoms with Crippen LogP contribution in [0.15, 0.2) is 18.2 Å². The van der Waals surface area contributed by atoms with Crippen LogP contribution in [-0.4, -0.2) is 5.88 Å². The SMILES string of the molecule is CC(CCl)Cc1cccc(F)c1Cl. The molecule has 0 radical (unpaired) electrons. The van der Waals surface area contributed by atoms with E-state index in [2.05, 4.69) is 0 Å². The van der Waals surface area contributed by atoms with Crippen molar-refractivity contribution in [1.29, 1.82) is 0 Å². The van der Waals surface area contributed by atoms with Gasteiger partial charge < -0.3 is 0 Å². The third kappa shape index (κ3) is 2.85. The quantitative estimate of drug-likeness (QED) is 0.679. The maximum Gasteiger partial charge on any atom is 0.142 e. The van der Waals surface area contributed by atoms with Gasteiger partial charge in [0.1, 0.15) is 5.82 Å². The van der Waals surface area contributed by atoms with Crippen molar-refractivity contribution in [3.05, 3.63) is 34.6 Å². The summed E-state index contributed by atoms with van der Waals surface area (Å²) < 4.78 is 13.0.